The Balaban J connectivity index is 1.35. The summed E-state index contributed by atoms with van der Waals surface area (Å²) < 4.78 is 15.5. The number of rotatable bonds is 9. The average Bonchev–Trinajstić information content (AvgIpc) is 3.73. The van der Waals surface area contributed by atoms with Gasteiger partial charge in [0.05, 0.1) is 6.54 Å². The van der Waals surface area contributed by atoms with Gasteiger partial charge < -0.3 is 14.0 Å². The fourth-order valence-electron chi connectivity index (χ4n) is 6.74. The van der Waals surface area contributed by atoms with Crippen LogP contribution in [0.25, 0.3) is 33.5 Å². The minimum atomic E-state index is 0.131. The summed E-state index contributed by atoms with van der Waals surface area (Å²) in [4.78, 5) is 5.21. The molecule has 1 N–H and O–H groups in total. The van der Waals surface area contributed by atoms with E-state index < -0.39 is 0 Å². The van der Waals surface area contributed by atoms with Crippen LogP contribution in [0.4, 0.5) is 0 Å². The predicted molar refractivity (Wildman–Crippen MR) is 169 cm³/mol. The number of aromatic amines is 1. The summed E-state index contributed by atoms with van der Waals surface area (Å²) in [5, 5.41) is 24.2. The van der Waals surface area contributed by atoms with Gasteiger partial charge in [0.2, 0.25) is 5.82 Å². The molecule has 2 aliphatic carbocycles. The molecule has 0 radical (unpaired) electrons. The van der Waals surface area contributed by atoms with Crippen molar-refractivity contribution < 1.29 is 9.47 Å². The highest BCUT2D eigenvalue weighted by atomic mass is 16.5. The molecule has 7 rings (SSSR count). The van der Waals surface area contributed by atoms with E-state index in [0.29, 0.717) is 24.1 Å². The quantitative estimate of drug-likeness (QED) is 0.190. The minimum Gasteiger partial charge on any atom is -0.472 e. The molecule has 0 atom stereocenters. The lowest BCUT2D eigenvalue weighted by Crippen LogP contribution is -2.22. The Kier molecular flexibility index (Phi) is 8.22. The van der Waals surface area contributed by atoms with Crippen molar-refractivity contribution in [1.29, 1.82) is 0 Å². The molecule has 0 amide bonds. The van der Waals surface area contributed by atoms with Crippen LogP contribution in [0.5, 0.6) is 11.8 Å². The van der Waals surface area contributed by atoms with Crippen LogP contribution in [0.15, 0.2) is 48.5 Å². The second-order valence-electron chi connectivity index (χ2n) is 12.4. The van der Waals surface area contributed by atoms with E-state index in [-0.39, 0.29) is 18.1 Å². The Morgan fingerprint density at radius 3 is 2.02 bits per heavy atom. The maximum atomic E-state index is 6.65. The van der Waals surface area contributed by atoms with Crippen molar-refractivity contribution in [2.75, 3.05) is 0 Å². The van der Waals surface area contributed by atoms with E-state index in [0.717, 1.165) is 64.8 Å². The Bertz CT molecular complexity index is 1700. The number of nitrogens with one attached hydrogen (secondary N) is 1. The summed E-state index contributed by atoms with van der Waals surface area (Å²) in [6, 6.07) is 16.7. The van der Waals surface area contributed by atoms with E-state index in [9.17, 15) is 0 Å². The smallest absolute Gasteiger partial charge is 0.262 e. The van der Waals surface area contributed by atoms with Crippen LogP contribution in [-0.4, -0.2) is 52.6 Å². The number of hydrogen-bond acceptors (Lipinski definition) is 8. The van der Waals surface area contributed by atoms with Crippen LogP contribution < -0.4 is 9.47 Å². The molecule has 5 aromatic rings. The Labute approximate surface area is 257 Å². The fourth-order valence-corrected chi connectivity index (χ4v) is 6.74. The van der Waals surface area contributed by atoms with Crippen molar-refractivity contribution in [1.82, 2.24) is 40.4 Å². The zero-order valence-corrected chi connectivity index (χ0v) is 25.6. The number of hydrogen-bond donors (Lipinski definition) is 1. The Morgan fingerprint density at radius 2 is 1.36 bits per heavy atom. The molecule has 228 valence electrons. The number of benzene rings is 2. The third-order valence-corrected chi connectivity index (χ3v) is 8.96. The topological polar surface area (TPSA) is 117 Å². The van der Waals surface area contributed by atoms with Gasteiger partial charge in [-0.15, -0.1) is 20.4 Å². The SMILES string of the molecule is CC(C)c1nc2c(OC3CCCCC3)nnc(OC3CCCCC3)c2n1Cc1ccccc1-c1ccccc1-c1nn[nH]n1. The monoisotopic (exact) mass is 592 g/mol. The maximum absolute atomic E-state index is 6.65. The van der Waals surface area contributed by atoms with Gasteiger partial charge in [-0.2, -0.15) is 5.21 Å². The van der Waals surface area contributed by atoms with E-state index in [1.807, 2.05) is 18.2 Å². The normalized spacial score (nSPS) is 16.5. The second kappa shape index (κ2) is 12.7. The van der Waals surface area contributed by atoms with Crippen molar-refractivity contribution in [3.8, 4) is 34.3 Å². The summed E-state index contributed by atoms with van der Waals surface area (Å²) in [7, 11) is 0. The molecule has 2 aliphatic rings. The summed E-state index contributed by atoms with van der Waals surface area (Å²) in [6.07, 6.45) is 11.6. The van der Waals surface area contributed by atoms with Crippen molar-refractivity contribution in [3.63, 3.8) is 0 Å². The molecule has 2 fully saturated rings. The molecular formula is C34H40N8O2. The van der Waals surface area contributed by atoms with Crippen molar-refractivity contribution in [3.05, 3.63) is 59.9 Å². The van der Waals surface area contributed by atoms with Gasteiger partial charge in [0.15, 0.2) is 5.52 Å². The number of fused-ring (bicyclic) bond motifs is 1. The minimum absolute atomic E-state index is 0.131. The molecule has 0 unspecified atom stereocenters. The number of ether oxygens (including phenoxy) is 2. The zero-order valence-electron chi connectivity index (χ0n) is 25.6. The molecule has 2 saturated carbocycles. The van der Waals surface area contributed by atoms with Crippen LogP contribution in [-0.2, 0) is 6.54 Å². The number of tetrazole rings is 1. The number of imidazole rings is 1. The van der Waals surface area contributed by atoms with Crippen molar-refractivity contribution >= 4 is 11.0 Å². The molecule has 3 aromatic heterocycles. The van der Waals surface area contributed by atoms with E-state index in [4.69, 9.17) is 14.5 Å². The molecule has 10 nitrogen and oxygen atoms in total. The summed E-state index contributed by atoms with van der Waals surface area (Å²) in [5.74, 6) is 2.74. The van der Waals surface area contributed by atoms with E-state index in [2.05, 4.69) is 79.6 Å². The first-order valence-electron chi connectivity index (χ1n) is 16.2. The highest BCUT2D eigenvalue weighted by Crippen LogP contribution is 2.38. The molecule has 0 bridgehead atoms. The lowest BCUT2D eigenvalue weighted by Gasteiger charge is -2.24. The summed E-state index contributed by atoms with van der Waals surface area (Å²) >= 11 is 0. The first kappa shape index (κ1) is 28.4. The fraction of sp³-hybridized carbons (Fsp3) is 0.471. The first-order valence-corrected chi connectivity index (χ1v) is 16.2. The van der Waals surface area contributed by atoms with E-state index >= 15 is 0 Å². The van der Waals surface area contributed by atoms with Crippen LogP contribution >= 0.6 is 0 Å². The van der Waals surface area contributed by atoms with Gasteiger partial charge in [-0.05, 0) is 73.3 Å². The van der Waals surface area contributed by atoms with Crippen molar-refractivity contribution in [2.24, 2.45) is 0 Å². The Hall–Kier alpha value is -4.34. The lowest BCUT2D eigenvalue weighted by atomic mass is 9.95. The second-order valence-corrected chi connectivity index (χ2v) is 12.4. The summed E-state index contributed by atoms with van der Waals surface area (Å²) in [5.41, 5.74) is 5.80. The highest BCUT2D eigenvalue weighted by molar-refractivity contribution is 5.86. The number of aromatic nitrogens is 8. The standard InChI is InChI=1S/C34H40N8O2/c1-22(2)32-35-29-30(34(44-25-16-7-4-8-17-25)39-38-33(29)43-24-14-5-3-6-15-24)42(32)21-23-13-9-10-18-26(23)27-19-11-12-20-28(27)31-36-40-41-37-31/h9-13,18-20,22,24-25H,3-8,14-17,21H2,1-2H3,(H,36,37,40,41). The van der Waals surface area contributed by atoms with Crippen LogP contribution in [0, 0.1) is 0 Å². The van der Waals surface area contributed by atoms with Crippen LogP contribution in [0.1, 0.15) is 95.4 Å². The number of nitrogens with zero attached hydrogens (tertiary/aromatic N) is 7. The maximum Gasteiger partial charge on any atom is 0.262 e. The van der Waals surface area contributed by atoms with Gasteiger partial charge in [-0.1, -0.05) is 75.2 Å². The van der Waals surface area contributed by atoms with Gasteiger partial charge in [-0.3, -0.25) is 0 Å². The molecule has 0 aliphatic heterocycles. The zero-order chi connectivity index (χ0) is 29.9. The lowest BCUT2D eigenvalue weighted by molar-refractivity contribution is 0.140. The highest BCUT2D eigenvalue weighted by Gasteiger charge is 2.28. The third-order valence-electron chi connectivity index (χ3n) is 8.96. The van der Waals surface area contributed by atoms with E-state index in [1.54, 1.807) is 0 Å². The molecule has 2 aromatic carbocycles. The molecular weight excluding hydrogens is 552 g/mol. The van der Waals surface area contributed by atoms with E-state index in [1.165, 1.54) is 38.5 Å². The van der Waals surface area contributed by atoms with Crippen molar-refractivity contribution in [2.45, 2.75) is 103 Å². The molecule has 0 spiro atoms. The Morgan fingerprint density at radius 1 is 0.750 bits per heavy atom. The van der Waals surface area contributed by atoms with Gasteiger partial charge in [0, 0.05) is 11.5 Å². The van der Waals surface area contributed by atoms with Gasteiger partial charge in [0.1, 0.15) is 23.5 Å². The van der Waals surface area contributed by atoms with Crippen LogP contribution in [0.3, 0.4) is 0 Å². The van der Waals surface area contributed by atoms with Crippen LogP contribution in [0.2, 0.25) is 0 Å². The first-order chi connectivity index (χ1) is 21.7. The largest absolute Gasteiger partial charge is 0.472 e. The average molecular weight is 593 g/mol. The van der Waals surface area contributed by atoms with Gasteiger partial charge in [-0.25, -0.2) is 4.98 Å². The molecule has 3 heterocycles. The number of H-pyrrole nitrogens is 1. The molecule has 0 saturated heterocycles. The molecule has 44 heavy (non-hydrogen) atoms. The third kappa shape index (κ3) is 5.77. The van der Waals surface area contributed by atoms with Gasteiger partial charge in [0.25, 0.3) is 11.8 Å². The summed E-state index contributed by atoms with van der Waals surface area (Å²) in [6.45, 7) is 4.94. The predicted octanol–water partition coefficient (Wildman–Crippen LogP) is 7.27. The van der Waals surface area contributed by atoms with Gasteiger partial charge >= 0.3 is 0 Å². The molecule has 10 heteroatoms.